The van der Waals surface area contributed by atoms with Crippen molar-refractivity contribution in [2.45, 2.75) is 26.2 Å². The van der Waals surface area contributed by atoms with Crippen molar-refractivity contribution in [2.75, 3.05) is 44.3 Å². The van der Waals surface area contributed by atoms with E-state index in [-0.39, 0.29) is 18.1 Å². The van der Waals surface area contributed by atoms with Crippen molar-refractivity contribution in [1.29, 1.82) is 0 Å². The van der Waals surface area contributed by atoms with E-state index in [0.717, 1.165) is 56.1 Å². The van der Waals surface area contributed by atoms with Crippen molar-refractivity contribution in [3.05, 3.63) is 47.5 Å². The molecule has 31 heavy (non-hydrogen) atoms. The van der Waals surface area contributed by atoms with E-state index >= 15 is 0 Å². The summed E-state index contributed by atoms with van der Waals surface area (Å²) in [4.78, 5) is 25.7. The second kappa shape index (κ2) is 8.26. The van der Waals surface area contributed by atoms with Gasteiger partial charge >= 0.3 is 0 Å². The smallest absolute Gasteiger partial charge is 0.236 e. The molecule has 2 aliphatic heterocycles. The van der Waals surface area contributed by atoms with Crippen LogP contribution in [0.5, 0.6) is 0 Å². The molecule has 2 aliphatic rings. The van der Waals surface area contributed by atoms with Crippen LogP contribution in [0.3, 0.4) is 0 Å². The Labute approximate surface area is 180 Å². The lowest BCUT2D eigenvalue weighted by atomic mass is 10.0. The Morgan fingerprint density at radius 3 is 2.68 bits per heavy atom. The third kappa shape index (κ3) is 3.87. The summed E-state index contributed by atoms with van der Waals surface area (Å²) >= 11 is 0. The Morgan fingerprint density at radius 1 is 1.13 bits per heavy atom. The van der Waals surface area contributed by atoms with Gasteiger partial charge in [-0.3, -0.25) is 9.20 Å². The van der Waals surface area contributed by atoms with E-state index in [4.69, 9.17) is 4.74 Å². The van der Waals surface area contributed by atoms with E-state index in [1.54, 1.807) is 12.1 Å². The highest BCUT2D eigenvalue weighted by atomic mass is 19.1. The minimum Gasteiger partial charge on any atom is -0.378 e. The van der Waals surface area contributed by atoms with Gasteiger partial charge in [-0.2, -0.15) is 0 Å². The number of amides is 1. The summed E-state index contributed by atoms with van der Waals surface area (Å²) in [6.07, 6.45) is 4.20. The van der Waals surface area contributed by atoms with E-state index in [9.17, 15) is 9.18 Å². The molecule has 3 aromatic rings. The highest BCUT2D eigenvalue weighted by molar-refractivity contribution is 5.79. The third-order valence-corrected chi connectivity index (χ3v) is 6.10. The number of carbonyl (C=O) groups is 1. The second-order valence-electron chi connectivity index (χ2n) is 8.21. The Kier molecular flexibility index (Phi) is 5.31. The zero-order chi connectivity index (χ0) is 21.4. The quantitative estimate of drug-likeness (QED) is 0.646. The van der Waals surface area contributed by atoms with Gasteiger partial charge in [-0.25, -0.2) is 14.4 Å². The van der Waals surface area contributed by atoms with Crippen LogP contribution in [0, 0.1) is 12.7 Å². The van der Waals surface area contributed by atoms with Gasteiger partial charge in [0, 0.05) is 37.4 Å². The van der Waals surface area contributed by atoms with Crippen molar-refractivity contribution in [3.63, 3.8) is 0 Å². The summed E-state index contributed by atoms with van der Waals surface area (Å²) in [6, 6.07) is 6.73. The topological polar surface area (TPSA) is 63.0 Å². The number of nitrogens with zero attached hydrogens (tertiary/aromatic N) is 5. The second-order valence-corrected chi connectivity index (χ2v) is 8.21. The first kappa shape index (κ1) is 19.9. The van der Waals surface area contributed by atoms with Gasteiger partial charge in [-0.15, -0.1) is 0 Å². The highest BCUT2D eigenvalue weighted by Gasteiger charge is 2.21. The van der Waals surface area contributed by atoms with Crippen molar-refractivity contribution >= 4 is 17.5 Å². The summed E-state index contributed by atoms with van der Waals surface area (Å²) in [5.41, 5.74) is 2.65. The molecule has 0 spiro atoms. The fourth-order valence-electron chi connectivity index (χ4n) is 4.44. The summed E-state index contributed by atoms with van der Waals surface area (Å²) in [5, 5.41) is 0. The molecule has 162 valence electrons. The molecule has 2 fully saturated rings. The number of aryl methyl sites for hydroxylation is 1. The number of fused-ring (bicyclic) bond motifs is 1. The van der Waals surface area contributed by atoms with Gasteiger partial charge < -0.3 is 14.5 Å². The van der Waals surface area contributed by atoms with Crippen LogP contribution in [0.25, 0.3) is 17.0 Å². The average Bonchev–Trinajstić information content (AvgIpc) is 3.46. The zero-order valence-corrected chi connectivity index (χ0v) is 17.7. The lowest BCUT2D eigenvalue weighted by Gasteiger charge is -2.28. The first-order valence-electron chi connectivity index (χ1n) is 10.8. The fraction of sp³-hybridized carbons (Fsp3) is 0.435. The Bertz CT molecular complexity index is 1120. The van der Waals surface area contributed by atoms with Gasteiger partial charge in [0.25, 0.3) is 0 Å². The summed E-state index contributed by atoms with van der Waals surface area (Å²) in [7, 11) is 0. The van der Waals surface area contributed by atoms with Crippen LogP contribution >= 0.6 is 0 Å². The molecule has 7 nitrogen and oxygen atoms in total. The number of hydrogen-bond donors (Lipinski definition) is 0. The maximum Gasteiger partial charge on any atom is 0.236 e. The van der Waals surface area contributed by atoms with Crippen LogP contribution in [0.2, 0.25) is 0 Å². The van der Waals surface area contributed by atoms with E-state index in [2.05, 4.69) is 14.9 Å². The number of halogens is 1. The number of aromatic nitrogens is 3. The largest absolute Gasteiger partial charge is 0.378 e. The van der Waals surface area contributed by atoms with Crippen LogP contribution in [0.4, 0.5) is 10.2 Å². The van der Waals surface area contributed by atoms with E-state index in [0.29, 0.717) is 30.2 Å². The van der Waals surface area contributed by atoms with Gasteiger partial charge in [0.15, 0.2) is 0 Å². The van der Waals surface area contributed by atoms with E-state index in [1.807, 2.05) is 28.5 Å². The Balaban J connectivity index is 1.46. The van der Waals surface area contributed by atoms with Crippen molar-refractivity contribution in [1.82, 2.24) is 19.3 Å². The molecule has 0 N–H and O–H groups in total. The number of benzene rings is 1. The summed E-state index contributed by atoms with van der Waals surface area (Å²) < 4.78 is 22.2. The van der Waals surface area contributed by atoms with E-state index < -0.39 is 0 Å². The molecule has 0 unspecified atom stereocenters. The van der Waals surface area contributed by atoms with Crippen LogP contribution in [-0.2, 0) is 16.0 Å². The maximum absolute atomic E-state index is 14.7. The number of likely N-dealkylation sites (tertiary alicyclic amines) is 1. The molecule has 2 aromatic heterocycles. The molecule has 5 rings (SSSR count). The third-order valence-electron chi connectivity index (χ3n) is 6.10. The van der Waals surface area contributed by atoms with Gasteiger partial charge in [-0.05, 0) is 43.5 Å². The Morgan fingerprint density at radius 2 is 1.90 bits per heavy atom. The average molecular weight is 423 g/mol. The molecule has 1 aromatic carbocycles. The van der Waals surface area contributed by atoms with Crippen molar-refractivity contribution in [3.8, 4) is 11.3 Å². The molecule has 4 heterocycles. The van der Waals surface area contributed by atoms with Crippen LogP contribution in [-0.4, -0.2) is 64.6 Å². The number of ether oxygens (including phenoxy) is 1. The van der Waals surface area contributed by atoms with E-state index in [1.165, 1.54) is 6.07 Å². The molecular weight excluding hydrogens is 397 g/mol. The van der Waals surface area contributed by atoms with Crippen LogP contribution < -0.4 is 4.90 Å². The first-order valence-corrected chi connectivity index (χ1v) is 10.8. The fourth-order valence-corrected chi connectivity index (χ4v) is 4.44. The molecule has 0 radical (unpaired) electrons. The molecule has 2 saturated heterocycles. The monoisotopic (exact) mass is 423 g/mol. The predicted octanol–water partition coefficient (Wildman–Crippen LogP) is 2.85. The molecular formula is C23H26FN5O2. The highest BCUT2D eigenvalue weighted by Crippen LogP contribution is 2.27. The maximum atomic E-state index is 14.7. The lowest BCUT2D eigenvalue weighted by Crippen LogP contribution is -2.37. The SMILES string of the molecule is Cc1cc(-c2cc(CC(=O)N3CCCC3)ccc2F)nc2ncc(N3CCOCC3)n12. The normalized spacial score (nSPS) is 17.0. The minimum absolute atomic E-state index is 0.0954. The molecule has 1 amide bonds. The number of anilines is 1. The number of imidazole rings is 1. The van der Waals surface area contributed by atoms with Crippen LogP contribution in [0.1, 0.15) is 24.1 Å². The molecule has 0 saturated carbocycles. The molecule has 8 heteroatoms. The standard InChI is InChI=1S/C23H26FN5O2/c1-16-12-20(26-23-25-15-21(29(16)23)27-8-10-31-11-9-27)18-13-17(4-5-19(18)24)14-22(30)28-6-2-3-7-28/h4-5,12-13,15H,2-3,6-11,14H2,1H3. The molecule has 0 atom stereocenters. The summed E-state index contributed by atoms with van der Waals surface area (Å²) in [6.45, 7) is 6.58. The Hall–Kier alpha value is -3.00. The number of morpholine rings is 1. The zero-order valence-electron chi connectivity index (χ0n) is 17.7. The van der Waals surface area contributed by atoms with Gasteiger partial charge in [-0.1, -0.05) is 6.07 Å². The van der Waals surface area contributed by atoms with Crippen molar-refractivity contribution in [2.24, 2.45) is 0 Å². The van der Waals surface area contributed by atoms with Gasteiger partial charge in [0.2, 0.25) is 11.7 Å². The van der Waals surface area contributed by atoms with Crippen molar-refractivity contribution < 1.29 is 13.9 Å². The molecule has 0 aliphatic carbocycles. The number of hydrogen-bond acceptors (Lipinski definition) is 5. The number of carbonyl (C=O) groups excluding carboxylic acids is 1. The van der Waals surface area contributed by atoms with Gasteiger partial charge in [0.05, 0.1) is 31.5 Å². The first-order chi connectivity index (χ1) is 15.1. The molecule has 0 bridgehead atoms. The number of rotatable bonds is 4. The minimum atomic E-state index is -0.353. The summed E-state index contributed by atoms with van der Waals surface area (Å²) in [5.74, 6) is 1.25. The lowest BCUT2D eigenvalue weighted by molar-refractivity contribution is -0.129. The predicted molar refractivity (Wildman–Crippen MR) is 116 cm³/mol. The van der Waals surface area contributed by atoms with Gasteiger partial charge in [0.1, 0.15) is 11.6 Å². The van der Waals surface area contributed by atoms with Crippen LogP contribution in [0.15, 0.2) is 30.5 Å².